The van der Waals surface area contributed by atoms with Gasteiger partial charge >= 0.3 is 89.5 Å². The molecule has 0 spiro atoms. The number of carboxylic acid groups (broad SMARTS) is 1. The Balaban J connectivity index is -0.000000245. The van der Waals surface area contributed by atoms with Gasteiger partial charge in [-0.05, 0) is 0 Å². The van der Waals surface area contributed by atoms with Crippen LogP contribution in [0.15, 0.2) is 0 Å². The summed E-state index contributed by atoms with van der Waals surface area (Å²) in [5.74, 6) is 0. The van der Waals surface area contributed by atoms with Crippen molar-refractivity contribution in [2.75, 3.05) is 0 Å². The molecule has 0 aliphatic carbocycles. The zero-order valence-corrected chi connectivity index (χ0v) is 4.41. The molecule has 0 atom stereocenters. The molecule has 0 bridgehead atoms. The second-order valence-corrected chi connectivity index (χ2v) is 2.01. The molecule has 0 fully saturated rings. The number of hydrogen-bond donors (Lipinski definition) is 3. The Morgan fingerprint density at radius 2 is 1.60 bits per heavy atom. The van der Waals surface area contributed by atoms with Crippen molar-refractivity contribution in [3.63, 3.8) is 0 Å². The van der Waals surface area contributed by atoms with Crippen LogP contribution >= 0.6 is 7.82 Å². The molecule has 0 heterocycles. The summed E-state index contributed by atoms with van der Waals surface area (Å²) in [4.78, 5) is 24.7. The molecule has 0 aliphatic rings. The standard InChI is InChI=1S/CH3O6P.2Ca.4H/c2-1(3)7-8(4,5)6;;;;;;/h(H,2,3)(H2,4,5,6);;;;;;. The third-order valence-corrected chi connectivity index (χ3v) is 0.591. The Morgan fingerprint density at radius 1 is 1.30 bits per heavy atom. The summed E-state index contributed by atoms with van der Waals surface area (Å²) in [5.41, 5.74) is 0. The summed E-state index contributed by atoms with van der Waals surface area (Å²) in [5, 5.41) is 7.53. The number of phosphoric acid groups is 1. The summed E-state index contributed by atoms with van der Waals surface area (Å²) >= 11 is 0. The molecule has 0 amide bonds. The van der Waals surface area contributed by atoms with E-state index in [1.165, 1.54) is 0 Å². The van der Waals surface area contributed by atoms with Crippen LogP contribution in [0.1, 0.15) is 0 Å². The predicted molar refractivity (Wildman–Crippen MR) is 38.2 cm³/mol. The molecule has 0 aromatic rings. The molecule has 0 saturated carbocycles. The molecule has 0 aromatic carbocycles. The molecule has 0 saturated heterocycles. The summed E-state index contributed by atoms with van der Waals surface area (Å²) in [7, 11) is -4.82. The van der Waals surface area contributed by atoms with Crippen molar-refractivity contribution >= 4 is 89.5 Å². The van der Waals surface area contributed by atoms with E-state index < -0.39 is 14.0 Å². The van der Waals surface area contributed by atoms with Crippen molar-refractivity contribution in [3.05, 3.63) is 0 Å². The van der Waals surface area contributed by atoms with Gasteiger partial charge < -0.3 is 9.63 Å². The van der Waals surface area contributed by atoms with E-state index in [0.717, 1.165) is 0 Å². The Hall–Kier alpha value is 1.94. The van der Waals surface area contributed by atoms with Gasteiger partial charge in [0.05, 0.1) is 0 Å². The molecule has 10 heavy (non-hydrogen) atoms. The fourth-order valence-corrected chi connectivity index (χ4v) is 0.305. The van der Waals surface area contributed by atoms with E-state index in [1.54, 1.807) is 0 Å². The minimum atomic E-state index is -4.82. The van der Waals surface area contributed by atoms with E-state index >= 15 is 0 Å². The Labute approximate surface area is 116 Å². The third kappa shape index (κ3) is 16.5. The van der Waals surface area contributed by atoms with Gasteiger partial charge in [-0.15, -0.1) is 0 Å². The van der Waals surface area contributed by atoms with Crippen molar-refractivity contribution in [1.82, 2.24) is 0 Å². The van der Waals surface area contributed by atoms with Gasteiger partial charge in [0.1, 0.15) is 0 Å². The van der Waals surface area contributed by atoms with Crippen LogP contribution in [0.25, 0.3) is 0 Å². The number of phosphoric ester groups is 1. The van der Waals surface area contributed by atoms with Gasteiger partial charge in [-0.2, -0.15) is 0 Å². The van der Waals surface area contributed by atoms with Crippen molar-refractivity contribution < 1.29 is 28.8 Å². The van der Waals surface area contributed by atoms with Crippen LogP contribution in [0.5, 0.6) is 0 Å². The van der Waals surface area contributed by atoms with Crippen LogP contribution in [-0.2, 0) is 9.09 Å². The van der Waals surface area contributed by atoms with Gasteiger partial charge in [-0.3, -0.25) is 9.79 Å². The number of carbonyl (C=O) groups is 1. The van der Waals surface area contributed by atoms with E-state index in [1.807, 2.05) is 0 Å². The Bertz CT molecular complexity index is 139. The van der Waals surface area contributed by atoms with Crippen LogP contribution in [0.2, 0.25) is 0 Å². The molecule has 0 radical (unpaired) electrons. The van der Waals surface area contributed by atoms with Gasteiger partial charge in [0, 0.05) is 0 Å². The first-order chi connectivity index (χ1) is 3.42. The van der Waals surface area contributed by atoms with Gasteiger partial charge in [-0.25, -0.2) is 9.36 Å². The zero-order chi connectivity index (χ0) is 6.78. The van der Waals surface area contributed by atoms with Crippen LogP contribution in [0.3, 0.4) is 0 Å². The van der Waals surface area contributed by atoms with E-state index in [0.29, 0.717) is 0 Å². The van der Waals surface area contributed by atoms with Gasteiger partial charge in [0.2, 0.25) is 0 Å². The molecule has 0 unspecified atom stereocenters. The SMILES string of the molecule is O=C(O)OP(=O)(O)O.[CaH2].[CaH2]. The first kappa shape index (κ1) is 17.9. The Morgan fingerprint density at radius 3 is 1.60 bits per heavy atom. The first-order valence-electron chi connectivity index (χ1n) is 1.40. The molecule has 0 rings (SSSR count). The van der Waals surface area contributed by atoms with Crippen LogP contribution in [0, 0.1) is 0 Å². The molecular formula is CH7Ca2O6P. The topological polar surface area (TPSA) is 104 Å². The zero-order valence-electron chi connectivity index (χ0n) is 3.51. The summed E-state index contributed by atoms with van der Waals surface area (Å²) < 4.78 is 12.6. The third-order valence-electron chi connectivity index (χ3n) is 0.197. The fourth-order valence-electron chi connectivity index (χ4n) is 0.102. The summed E-state index contributed by atoms with van der Waals surface area (Å²) in [6, 6.07) is 0. The maximum absolute atomic E-state index is 9.53. The van der Waals surface area contributed by atoms with E-state index in [9.17, 15) is 9.36 Å². The quantitative estimate of drug-likeness (QED) is 0.351. The average Bonchev–Trinajstić information content (AvgIpc) is 1.21. The molecule has 3 N–H and O–H groups in total. The van der Waals surface area contributed by atoms with Gasteiger partial charge in [0.25, 0.3) is 0 Å². The molecule has 56 valence electrons. The first-order valence-corrected chi connectivity index (χ1v) is 2.93. The monoisotopic (exact) mass is 226 g/mol. The Kier molecular flexibility index (Phi) is 13.6. The molecule has 6 nitrogen and oxygen atoms in total. The van der Waals surface area contributed by atoms with Gasteiger partial charge in [-0.1, -0.05) is 0 Å². The summed E-state index contributed by atoms with van der Waals surface area (Å²) in [6.45, 7) is 0. The predicted octanol–water partition coefficient (Wildman–Crippen LogP) is -2.06. The molecule has 0 aromatic heterocycles. The van der Waals surface area contributed by atoms with Crippen LogP contribution < -0.4 is 0 Å². The average molecular weight is 226 g/mol. The number of rotatable bonds is 1. The van der Waals surface area contributed by atoms with E-state index in [4.69, 9.17) is 14.9 Å². The minimum absolute atomic E-state index is 0. The van der Waals surface area contributed by atoms with Crippen molar-refractivity contribution in [1.29, 1.82) is 0 Å². The second kappa shape index (κ2) is 7.58. The van der Waals surface area contributed by atoms with Crippen molar-refractivity contribution in [3.8, 4) is 0 Å². The fraction of sp³-hybridized carbons (Fsp3) is 0. The van der Waals surface area contributed by atoms with Crippen LogP contribution in [-0.4, -0.2) is 96.5 Å². The maximum atomic E-state index is 9.53. The molecule has 9 heteroatoms. The van der Waals surface area contributed by atoms with Gasteiger partial charge in [0.15, 0.2) is 0 Å². The molecule has 0 aliphatic heterocycles. The van der Waals surface area contributed by atoms with E-state index in [2.05, 4.69) is 4.52 Å². The van der Waals surface area contributed by atoms with Crippen molar-refractivity contribution in [2.24, 2.45) is 0 Å². The number of hydrogen-bond acceptors (Lipinski definition) is 3. The normalized spacial score (nSPS) is 8.60. The molecular weight excluding hydrogens is 219 g/mol. The van der Waals surface area contributed by atoms with E-state index in [-0.39, 0.29) is 75.5 Å². The van der Waals surface area contributed by atoms with Crippen molar-refractivity contribution in [2.45, 2.75) is 0 Å². The van der Waals surface area contributed by atoms with Crippen LogP contribution in [0.4, 0.5) is 4.79 Å². The second-order valence-electron chi connectivity index (χ2n) is 0.848. The summed E-state index contributed by atoms with van der Waals surface area (Å²) in [6.07, 6.45) is -1.99.